The van der Waals surface area contributed by atoms with Crippen LogP contribution in [0.5, 0.6) is 0 Å². The van der Waals surface area contributed by atoms with Crippen LogP contribution in [0.1, 0.15) is 18.4 Å². The maximum Gasteiger partial charge on any atom is 0.310 e. The van der Waals surface area contributed by atoms with Gasteiger partial charge in [-0.25, -0.2) is 0 Å². The summed E-state index contributed by atoms with van der Waals surface area (Å²) in [7, 11) is 2.91. The number of ether oxygens (including phenoxy) is 3. The van der Waals surface area contributed by atoms with Crippen LogP contribution < -0.4 is 0 Å². The molecule has 1 aromatic carbocycles. The summed E-state index contributed by atoms with van der Waals surface area (Å²) < 4.78 is 15.4. The Kier molecular flexibility index (Phi) is 5.33. The van der Waals surface area contributed by atoms with Gasteiger partial charge >= 0.3 is 11.9 Å². The first-order valence-electron chi connectivity index (χ1n) is 6.97. The van der Waals surface area contributed by atoms with Crippen molar-refractivity contribution >= 4 is 11.9 Å². The average Bonchev–Trinajstić information content (AvgIpc) is 2.97. The molecule has 3 atom stereocenters. The van der Waals surface area contributed by atoms with Crippen molar-refractivity contribution in [2.75, 3.05) is 14.2 Å². The molecule has 21 heavy (non-hydrogen) atoms. The maximum absolute atomic E-state index is 12.2. The molecule has 0 saturated heterocycles. The van der Waals surface area contributed by atoms with Gasteiger partial charge in [0.15, 0.2) is 0 Å². The standard InChI is InChI=1S/C16H20O5/c1-19-12-8-13(15(17)20-2)14(9-12)16(18)21-10-11-6-4-3-5-7-11/h3-7,12-14H,8-10H2,1-2H3/t12-,13+,14+/m0/s1. The molecule has 1 aliphatic carbocycles. The molecule has 0 aliphatic heterocycles. The Balaban J connectivity index is 1.97. The lowest BCUT2D eigenvalue weighted by atomic mass is 9.96. The third-order valence-corrected chi connectivity index (χ3v) is 3.88. The van der Waals surface area contributed by atoms with E-state index in [4.69, 9.17) is 14.2 Å². The van der Waals surface area contributed by atoms with E-state index in [2.05, 4.69) is 0 Å². The molecular formula is C16H20O5. The molecule has 0 bridgehead atoms. The van der Waals surface area contributed by atoms with Gasteiger partial charge in [-0.05, 0) is 18.4 Å². The molecule has 0 radical (unpaired) electrons. The molecule has 1 aromatic rings. The highest BCUT2D eigenvalue weighted by Crippen LogP contribution is 2.35. The number of hydrogen-bond acceptors (Lipinski definition) is 5. The van der Waals surface area contributed by atoms with Crippen molar-refractivity contribution in [1.29, 1.82) is 0 Å². The van der Waals surface area contributed by atoms with Crippen LogP contribution >= 0.6 is 0 Å². The first-order valence-corrected chi connectivity index (χ1v) is 6.97. The van der Waals surface area contributed by atoms with Crippen molar-refractivity contribution in [2.24, 2.45) is 11.8 Å². The summed E-state index contributed by atoms with van der Waals surface area (Å²) in [5.74, 6) is -1.72. The SMILES string of the molecule is COC(=O)[C@@H]1C[C@H](OC)C[C@H]1C(=O)OCc1ccccc1. The topological polar surface area (TPSA) is 61.8 Å². The van der Waals surface area contributed by atoms with E-state index in [-0.39, 0.29) is 24.6 Å². The Morgan fingerprint density at radius 1 is 1.05 bits per heavy atom. The van der Waals surface area contributed by atoms with Gasteiger partial charge in [0.1, 0.15) is 6.61 Å². The summed E-state index contributed by atoms with van der Waals surface area (Å²) in [6.07, 6.45) is 0.876. The van der Waals surface area contributed by atoms with E-state index < -0.39 is 11.8 Å². The van der Waals surface area contributed by atoms with Crippen molar-refractivity contribution in [3.8, 4) is 0 Å². The molecule has 1 saturated carbocycles. The summed E-state index contributed by atoms with van der Waals surface area (Å²) >= 11 is 0. The first-order chi connectivity index (χ1) is 10.2. The fourth-order valence-corrected chi connectivity index (χ4v) is 2.69. The van der Waals surface area contributed by atoms with Crippen LogP contribution in [0.15, 0.2) is 30.3 Å². The Bertz CT molecular complexity index is 485. The highest BCUT2D eigenvalue weighted by Gasteiger charge is 2.44. The third kappa shape index (κ3) is 3.82. The molecule has 0 amide bonds. The lowest BCUT2D eigenvalue weighted by Crippen LogP contribution is -2.27. The van der Waals surface area contributed by atoms with Crippen molar-refractivity contribution in [1.82, 2.24) is 0 Å². The van der Waals surface area contributed by atoms with Gasteiger partial charge in [-0.3, -0.25) is 9.59 Å². The van der Waals surface area contributed by atoms with Gasteiger partial charge in [0.25, 0.3) is 0 Å². The monoisotopic (exact) mass is 292 g/mol. The molecule has 5 nitrogen and oxygen atoms in total. The molecule has 0 heterocycles. The molecule has 1 aliphatic rings. The van der Waals surface area contributed by atoms with Crippen LogP contribution in [0, 0.1) is 11.8 Å². The smallest absolute Gasteiger partial charge is 0.310 e. The number of carbonyl (C=O) groups excluding carboxylic acids is 2. The van der Waals surface area contributed by atoms with Gasteiger partial charge in [-0.2, -0.15) is 0 Å². The van der Waals surface area contributed by atoms with Gasteiger partial charge in [-0.15, -0.1) is 0 Å². The van der Waals surface area contributed by atoms with E-state index in [0.717, 1.165) is 5.56 Å². The highest BCUT2D eigenvalue weighted by atomic mass is 16.5. The van der Waals surface area contributed by atoms with E-state index >= 15 is 0 Å². The lowest BCUT2D eigenvalue weighted by molar-refractivity contribution is -0.158. The van der Waals surface area contributed by atoms with Crippen LogP contribution in [0.3, 0.4) is 0 Å². The summed E-state index contributed by atoms with van der Waals surface area (Å²) in [6.45, 7) is 0.210. The quantitative estimate of drug-likeness (QED) is 0.776. The van der Waals surface area contributed by atoms with Crippen LogP contribution in [-0.4, -0.2) is 32.3 Å². The fraction of sp³-hybridized carbons (Fsp3) is 0.500. The molecule has 0 aromatic heterocycles. The normalized spacial score (nSPS) is 24.6. The minimum absolute atomic E-state index is 0.108. The molecule has 2 rings (SSSR count). The minimum atomic E-state index is -0.494. The van der Waals surface area contributed by atoms with Crippen molar-refractivity contribution < 1.29 is 23.8 Å². The highest BCUT2D eigenvalue weighted by molar-refractivity contribution is 5.82. The second-order valence-electron chi connectivity index (χ2n) is 5.16. The van der Waals surface area contributed by atoms with E-state index in [1.807, 2.05) is 30.3 Å². The molecule has 114 valence electrons. The second-order valence-corrected chi connectivity index (χ2v) is 5.16. The van der Waals surface area contributed by atoms with Gasteiger partial charge in [0.05, 0.1) is 25.0 Å². The van der Waals surface area contributed by atoms with Crippen LogP contribution in [-0.2, 0) is 30.4 Å². The zero-order valence-electron chi connectivity index (χ0n) is 12.3. The number of carbonyl (C=O) groups is 2. The zero-order valence-corrected chi connectivity index (χ0v) is 12.3. The summed E-state index contributed by atoms with van der Waals surface area (Å²) in [6, 6.07) is 9.45. The van der Waals surface area contributed by atoms with Gasteiger partial charge in [0, 0.05) is 7.11 Å². The Hall–Kier alpha value is -1.88. The summed E-state index contributed by atoms with van der Waals surface area (Å²) in [4.78, 5) is 24.0. The number of methoxy groups -OCH3 is 2. The van der Waals surface area contributed by atoms with Crippen LogP contribution in [0.2, 0.25) is 0 Å². The van der Waals surface area contributed by atoms with Crippen molar-refractivity contribution in [3.05, 3.63) is 35.9 Å². The van der Waals surface area contributed by atoms with E-state index in [1.165, 1.54) is 7.11 Å². The molecule has 0 unspecified atom stereocenters. The Morgan fingerprint density at radius 2 is 1.67 bits per heavy atom. The average molecular weight is 292 g/mol. The fourth-order valence-electron chi connectivity index (χ4n) is 2.69. The van der Waals surface area contributed by atoms with Crippen LogP contribution in [0.4, 0.5) is 0 Å². The van der Waals surface area contributed by atoms with E-state index in [1.54, 1.807) is 7.11 Å². The predicted molar refractivity (Wildman–Crippen MR) is 75.3 cm³/mol. The molecule has 0 N–H and O–H groups in total. The minimum Gasteiger partial charge on any atom is -0.469 e. The Morgan fingerprint density at radius 3 is 2.24 bits per heavy atom. The number of rotatable bonds is 5. The summed E-state index contributed by atoms with van der Waals surface area (Å²) in [5, 5.41) is 0. The Labute approximate surface area is 124 Å². The first kappa shape index (κ1) is 15.5. The van der Waals surface area contributed by atoms with Crippen LogP contribution in [0.25, 0.3) is 0 Å². The molecule has 5 heteroatoms. The van der Waals surface area contributed by atoms with Gasteiger partial charge < -0.3 is 14.2 Å². The lowest BCUT2D eigenvalue weighted by Gasteiger charge is -2.16. The van der Waals surface area contributed by atoms with Gasteiger partial charge in [0.2, 0.25) is 0 Å². The molecular weight excluding hydrogens is 272 g/mol. The second kappa shape index (κ2) is 7.22. The number of esters is 2. The van der Waals surface area contributed by atoms with E-state index in [0.29, 0.717) is 12.8 Å². The van der Waals surface area contributed by atoms with E-state index in [9.17, 15) is 9.59 Å². The summed E-state index contributed by atoms with van der Waals surface area (Å²) in [5.41, 5.74) is 0.918. The molecule has 1 fully saturated rings. The van der Waals surface area contributed by atoms with Crippen molar-refractivity contribution in [3.63, 3.8) is 0 Å². The largest absolute Gasteiger partial charge is 0.469 e. The number of hydrogen-bond donors (Lipinski definition) is 0. The number of benzene rings is 1. The maximum atomic E-state index is 12.2. The zero-order chi connectivity index (χ0) is 15.2. The predicted octanol–water partition coefficient (Wildman–Crippen LogP) is 1.94. The van der Waals surface area contributed by atoms with Gasteiger partial charge in [-0.1, -0.05) is 30.3 Å². The molecule has 0 spiro atoms. The van der Waals surface area contributed by atoms with Crippen molar-refractivity contribution in [2.45, 2.75) is 25.6 Å². The third-order valence-electron chi connectivity index (χ3n) is 3.88.